The Bertz CT molecular complexity index is 1090. The summed E-state index contributed by atoms with van der Waals surface area (Å²) in [4.78, 5) is 28.4. The number of thiophene rings is 1. The fourth-order valence-electron chi connectivity index (χ4n) is 4.17. The van der Waals surface area contributed by atoms with Crippen molar-refractivity contribution in [3.05, 3.63) is 92.9 Å². The molecule has 1 aromatic heterocycles. The van der Waals surface area contributed by atoms with E-state index in [-0.39, 0.29) is 36.5 Å². The fourth-order valence-corrected chi connectivity index (χ4v) is 5.08. The minimum atomic E-state index is -0.315. The Hall–Kier alpha value is -2.99. The molecule has 2 amide bonds. The Balaban J connectivity index is 1.35. The van der Waals surface area contributed by atoms with Crippen molar-refractivity contribution >= 4 is 23.2 Å². The average molecular weight is 451 g/mol. The monoisotopic (exact) mass is 450 g/mol. The van der Waals surface area contributed by atoms with E-state index in [2.05, 4.69) is 29.6 Å². The summed E-state index contributed by atoms with van der Waals surface area (Å²) in [7, 11) is 0. The van der Waals surface area contributed by atoms with E-state index in [9.17, 15) is 14.0 Å². The smallest absolute Gasteiger partial charge is 0.223 e. The molecule has 0 saturated heterocycles. The van der Waals surface area contributed by atoms with Crippen LogP contribution in [0.2, 0.25) is 0 Å². The number of hydrogen-bond donors (Lipinski definition) is 1. The Kier molecular flexibility index (Phi) is 7.00. The van der Waals surface area contributed by atoms with Gasteiger partial charge in [0.15, 0.2) is 0 Å². The molecule has 1 atom stereocenters. The maximum absolute atomic E-state index is 13.9. The molecule has 1 unspecified atom stereocenters. The number of halogens is 1. The molecule has 0 fully saturated rings. The molecule has 0 radical (unpaired) electrons. The molecule has 4 nitrogen and oxygen atoms in total. The SMILES string of the molecule is Cc1ccc(CCNC(=O)CCC(=O)N2CCc3sccc3C2c2cccc(F)c2)cc1. The summed E-state index contributed by atoms with van der Waals surface area (Å²) in [5.41, 5.74) is 4.20. The van der Waals surface area contributed by atoms with Crippen molar-refractivity contribution in [2.24, 2.45) is 0 Å². The number of carbonyl (C=O) groups excluding carboxylic acids is 2. The molecule has 6 heteroatoms. The number of nitrogens with zero attached hydrogens (tertiary/aromatic N) is 1. The van der Waals surface area contributed by atoms with Crippen molar-refractivity contribution in [3.63, 3.8) is 0 Å². The molecule has 1 aliphatic heterocycles. The first kappa shape index (κ1) is 22.2. The normalized spacial score (nSPS) is 15.3. The van der Waals surface area contributed by atoms with Crippen LogP contribution in [-0.2, 0) is 22.4 Å². The van der Waals surface area contributed by atoms with Crippen LogP contribution in [0.3, 0.4) is 0 Å². The van der Waals surface area contributed by atoms with E-state index in [1.807, 2.05) is 24.4 Å². The lowest BCUT2D eigenvalue weighted by molar-refractivity contribution is -0.135. The van der Waals surface area contributed by atoms with Gasteiger partial charge in [0.1, 0.15) is 5.82 Å². The zero-order valence-corrected chi connectivity index (χ0v) is 19.0. The molecule has 166 valence electrons. The van der Waals surface area contributed by atoms with E-state index >= 15 is 0 Å². The van der Waals surface area contributed by atoms with Gasteiger partial charge in [-0.3, -0.25) is 9.59 Å². The summed E-state index contributed by atoms with van der Waals surface area (Å²) in [6.07, 6.45) is 1.83. The highest BCUT2D eigenvalue weighted by molar-refractivity contribution is 7.10. The lowest BCUT2D eigenvalue weighted by atomic mass is 9.92. The number of hydrogen-bond acceptors (Lipinski definition) is 3. The molecule has 2 aromatic carbocycles. The van der Waals surface area contributed by atoms with Crippen LogP contribution in [0, 0.1) is 12.7 Å². The van der Waals surface area contributed by atoms with Crippen molar-refractivity contribution in [2.75, 3.05) is 13.1 Å². The van der Waals surface area contributed by atoms with Gasteiger partial charge >= 0.3 is 0 Å². The average Bonchev–Trinajstić information content (AvgIpc) is 3.27. The quantitative estimate of drug-likeness (QED) is 0.562. The van der Waals surface area contributed by atoms with E-state index in [1.165, 1.54) is 28.1 Å². The van der Waals surface area contributed by atoms with Gasteiger partial charge in [-0.1, -0.05) is 42.0 Å². The molecule has 4 rings (SSSR count). The number of nitrogens with one attached hydrogen (secondary N) is 1. The van der Waals surface area contributed by atoms with E-state index in [0.29, 0.717) is 13.1 Å². The molecule has 1 N–H and O–H groups in total. The molecule has 0 bridgehead atoms. The highest BCUT2D eigenvalue weighted by Crippen LogP contribution is 2.38. The van der Waals surface area contributed by atoms with Gasteiger partial charge in [0.05, 0.1) is 6.04 Å². The Labute approximate surface area is 192 Å². The van der Waals surface area contributed by atoms with E-state index in [4.69, 9.17) is 0 Å². The van der Waals surface area contributed by atoms with Crippen LogP contribution in [0.1, 0.15) is 46.0 Å². The number of carbonyl (C=O) groups is 2. The minimum Gasteiger partial charge on any atom is -0.356 e. The maximum Gasteiger partial charge on any atom is 0.223 e. The summed E-state index contributed by atoms with van der Waals surface area (Å²) < 4.78 is 13.9. The van der Waals surface area contributed by atoms with Crippen LogP contribution < -0.4 is 5.32 Å². The third-order valence-corrected chi connectivity index (χ3v) is 6.87. The topological polar surface area (TPSA) is 49.4 Å². The lowest BCUT2D eigenvalue weighted by Gasteiger charge is -2.36. The molecule has 32 heavy (non-hydrogen) atoms. The van der Waals surface area contributed by atoms with Gasteiger partial charge in [-0.15, -0.1) is 11.3 Å². The number of aryl methyl sites for hydroxylation is 1. The first-order valence-electron chi connectivity index (χ1n) is 10.9. The highest BCUT2D eigenvalue weighted by atomic mass is 32.1. The third-order valence-electron chi connectivity index (χ3n) is 5.87. The van der Waals surface area contributed by atoms with Gasteiger partial charge in [-0.25, -0.2) is 4.39 Å². The molecule has 0 saturated carbocycles. The van der Waals surface area contributed by atoms with E-state index in [1.54, 1.807) is 22.3 Å². The summed E-state index contributed by atoms with van der Waals surface area (Å²) >= 11 is 1.67. The molecule has 0 spiro atoms. The predicted octanol–water partition coefficient (Wildman–Crippen LogP) is 4.81. The Morgan fingerprint density at radius 1 is 1.12 bits per heavy atom. The lowest BCUT2D eigenvalue weighted by Crippen LogP contribution is -2.40. The largest absolute Gasteiger partial charge is 0.356 e. The van der Waals surface area contributed by atoms with E-state index < -0.39 is 0 Å². The standard InChI is InChI=1S/C26H27FN2O2S/c1-18-5-7-19(8-6-18)11-14-28-24(30)9-10-25(31)29-15-12-23-22(13-16-32-23)26(29)20-3-2-4-21(27)17-20/h2-8,13,16-17,26H,9-12,14-15H2,1H3,(H,28,30). The number of amides is 2. The van der Waals surface area contributed by atoms with Crippen LogP contribution in [-0.4, -0.2) is 29.8 Å². The number of fused-ring (bicyclic) bond motifs is 1. The van der Waals surface area contributed by atoms with E-state index in [0.717, 1.165) is 24.0 Å². The van der Waals surface area contributed by atoms with Crippen molar-refractivity contribution in [1.29, 1.82) is 0 Å². The van der Waals surface area contributed by atoms with Crippen molar-refractivity contribution in [2.45, 2.75) is 38.6 Å². The van der Waals surface area contributed by atoms with Gasteiger partial charge < -0.3 is 10.2 Å². The minimum absolute atomic E-state index is 0.0789. The molecule has 0 aliphatic carbocycles. The van der Waals surface area contributed by atoms with Crippen LogP contribution in [0.15, 0.2) is 60.0 Å². The summed E-state index contributed by atoms with van der Waals surface area (Å²) in [6.45, 7) is 3.16. The molecular formula is C26H27FN2O2S. The Morgan fingerprint density at radius 2 is 1.94 bits per heavy atom. The van der Waals surface area contributed by atoms with Crippen molar-refractivity contribution in [3.8, 4) is 0 Å². The molecular weight excluding hydrogens is 423 g/mol. The van der Waals surface area contributed by atoms with Crippen molar-refractivity contribution in [1.82, 2.24) is 10.2 Å². The second-order valence-electron chi connectivity index (χ2n) is 8.18. The van der Waals surface area contributed by atoms with Gasteiger partial charge in [-0.2, -0.15) is 0 Å². The summed E-state index contributed by atoms with van der Waals surface area (Å²) in [6, 6.07) is 16.4. The number of benzene rings is 2. The van der Waals surface area contributed by atoms with Gasteiger partial charge in [0.25, 0.3) is 0 Å². The van der Waals surface area contributed by atoms with Crippen LogP contribution in [0.25, 0.3) is 0 Å². The zero-order chi connectivity index (χ0) is 22.5. The van der Waals surface area contributed by atoms with Gasteiger partial charge in [0.2, 0.25) is 11.8 Å². The van der Waals surface area contributed by atoms with Crippen LogP contribution in [0.5, 0.6) is 0 Å². The fraction of sp³-hybridized carbons (Fsp3) is 0.308. The van der Waals surface area contributed by atoms with Gasteiger partial charge in [0, 0.05) is 30.8 Å². The highest BCUT2D eigenvalue weighted by Gasteiger charge is 2.32. The summed E-state index contributed by atoms with van der Waals surface area (Å²) in [5, 5.41) is 4.93. The number of rotatable bonds is 7. The van der Waals surface area contributed by atoms with Crippen LogP contribution in [0.4, 0.5) is 4.39 Å². The van der Waals surface area contributed by atoms with Crippen LogP contribution >= 0.6 is 11.3 Å². The molecule has 2 heterocycles. The maximum atomic E-state index is 13.9. The molecule has 1 aliphatic rings. The predicted molar refractivity (Wildman–Crippen MR) is 125 cm³/mol. The second kappa shape index (κ2) is 10.1. The first-order valence-corrected chi connectivity index (χ1v) is 11.8. The third kappa shape index (κ3) is 5.25. The zero-order valence-electron chi connectivity index (χ0n) is 18.1. The first-order chi connectivity index (χ1) is 15.5. The van der Waals surface area contributed by atoms with Crippen molar-refractivity contribution < 1.29 is 14.0 Å². The Morgan fingerprint density at radius 3 is 2.72 bits per heavy atom. The summed E-state index contributed by atoms with van der Waals surface area (Å²) in [5.74, 6) is -0.518. The van der Waals surface area contributed by atoms with Gasteiger partial charge in [-0.05, 0) is 60.0 Å². The second-order valence-corrected chi connectivity index (χ2v) is 9.18. The molecule has 3 aromatic rings.